The van der Waals surface area contributed by atoms with E-state index in [0.717, 1.165) is 21.8 Å². The largest absolute Gasteiger partial charge is 0.423 e. The molecule has 2 aromatic carbocycles. The number of hydrogen-bond donors (Lipinski definition) is 1. The number of anilines is 1. The van der Waals surface area contributed by atoms with E-state index in [0.29, 0.717) is 50.8 Å². The number of nitrogens with zero attached hydrogens (tertiary/aromatic N) is 4. The SMILES string of the molecule is C[C@@H]1CN(C(=O)CO[C@H]2CC[C@H](Nc3ccc([N+](=O)[O-])c(C(F)(F)F)c3)CC2)C[C@H](C)N1Cc1nc2cc(F)ccc2s1. The van der Waals surface area contributed by atoms with Crippen molar-refractivity contribution in [3.8, 4) is 0 Å². The molecule has 9 nitrogen and oxygen atoms in total. The lowest BCUT2D eigenvalue weighted by molar-refractivity contribution is -0.388. The molecule has 1 N–H and O–H groups in total. The van der Waals surface area contributed by atoms with E-state index >= 15 is 0 Å². The topological polar surface area (TPSA) is 101 Å². The molecule has 2 atom stereocenters. The molecule has 0 radical (unpaired) electrons. The Hall–Kier alpha value is -3.36. The first-order valence-electron chi connectivity index (χ1n) is 14.2. The second-order valence-electron chi connectivity index (χ2n) is 11.3. The van der Waals surface area contributed by atoms with E-state index in [1.54, 1.807) is 17.4 Å². The number of fused-ring (bicyclic) bond motifs is 1. The third-order valence-corrected chi connectivity index (χ3v) is 9.17. The average molecular weight is 624 g/mol. The third kappa shape index (κ3) is 7.42. The lowest BCUT2D eigenvalue weighted by atomic mass is 9.92. The van der Waals surface area contributed by atoms with Crippen molar-refractivity contribution >= 4 is 38.8 Å². The zero-order valence-corrected chi connectivity index (χ0v) is 24.6. The molecule has 0 unspecified atom stereocenters. The third-order valence-electron chi connectivity index (χ3n) is 8.15. The minimum Gasteiger partial charge on any atom is -0.382 e. The van der Waals surface area contributed by atoms with Gasteiger partial charge in [0.1, 0.15) is 23.0 Å². The molecule has 2 aliphatic rings. The van der Waals surface area contributed by atoms with Crippen LogP contribution in [0.1, 0.15) is 50.1 Å². The van der Waals surface area contributed by atoms with Crippen LogP contribution in [0.4, 0.5) is 28.9 Å². The summed E-state index contributed by atoms with van der Waals surface area (Å²) in [7, 11) is 0. The van der Waals surface area contributed by atoms with Gasteiger partial charge in [-0.2, -0.15) is 13.2 Å². The quantitative estimate of drug-likeness (QED) is 0.181. The number of carbonyl (C=O) groups is 1. The first-order chi connectivity index (χ1) is 20.4. The van der Waals surface area contributed by atoms with Crippen LogP contribution >= 0.6 is 11.3 Å². The molecule has 0 bridgehead atoms. The Bertz CT molecular complexity index is 1460. The van der Waals surface area contributed by atoms with E-state index in [1.807, 2.05) is 4.90 Å². The molecule has 5 rings (SSSR count). The van der Waals surface area contributed by atoms with Gasteiger partial charge >= 0.3 is 6.18 Å². The van der Waals surface area contributed by atoms with E-state index in [4.69, 9.17) is 4.74 Å². The smallest absolute Gasteiger partial charge is 0.382 e. The van der Waals surface area contributed by atoms with E-state index in [-0.39, 0.29) is 48.2 Å². The fourth-order valence-corrected chi connectivity index (χ4v) is 6.90. The molecule has 3 aromatic rings. The summed E-state index contributed by atoms with van der Waals surface area (Å²) in [6, 6.07) is 7.63. The summed E-state index contributed by atoms with van der Waals surface area (Å²) in [5.41, 5.74) is -1.43. The Kier molecular flexibility index (Phi) is 9.18. The van der Waals surface area contributed by atoms with E-state index in [1.165, 1.54) is 18.2 Å². The second-order valence-corrected chi connectivity index (χ2v) is 12.4. The van der Waals surface area contributed by atoms with Crippen LogP contribution in [0.15, 0.2) is 36.4 Å². The zero-order chi connectivity index (χ0) is 30.9. The predicted octanol–water partition coefficient (Wildman–Crippen LogP) is 6.22. The molecule has 14 heteroatoms. The number of piperazine rings is 1. The number of amides is 1. The number of thiazole rings is 1. The average Bonchev–Trinajstić information content (AvgIpc) is 3.35. The summed E-state index contributed by atoms with van der Waals surface area (Å²) in [4.78, 5) is 31.7. The van der Waals surface area contributed by atoms with Gasteiger partial charge in [-0.05, 0) is 63.8 Å². The van der Waals surface area contributed by atoms with Crippen LogP contribution in [0.25, 0.3) is 10.2 Å². The fraction of sp³-hybridized carbons (Fsp3) is 0.517. The standard InChI is InChI=1S/C29H33F4N5O4S/c1-17-13-36(14-18(2)37(17)15-27-35-24-11-19(30)3-10-26(24)43-27)28(39)16-42-22-7-4-20(5-8-22)34-21-6-9-25(38(40)41)23(12-21)29(31,32)33/h3,6,9-12,17-18,20,22,34H,4-5,7-8,13-16H2,1-2H3/t17-,18+,20-,22-. The molecular formula is C29H33F4N5O4S. The van der Waals surface area contributed by atoms with Gasteiger partial charge in [0.25, 0.3) is 5.69 Å². The number of benzene rings is 2. The normalized spacial score (nSPS) is 23.4. The molecule has 2 heterocycles. The van der Waals surface area contributed by atoms with Gasteiger partial charge in [-0.3, -0.25) is 19.8 Å². The summed E-state index contributed by atoms with van der Waals surface area (Å²) in [5.74, 6) is -0.394. The van der Waals surface area contributed by atoms with Gasteiger partial charge in [0.15, 0.2) is 0 Å². The minimum atomic E-state index is -4.83. The van der Waals surface area contributed by atoms with E-state index in [2.05, 4.69) is 29.0 Å². The van der Waals surface area contributed by atoms with Gasteiger partial charge in [-0.25, -0.2) is 9.37 Å². The Morgan fingerprint density at radius 2 is 1.81 bits per heavy atom. The van der Waals surface area contributed by atoms with Crippen molar-refractivity contribution in [2.45, 2.75) is 76.5 Å². The molecule has 1 saturated carbocycles. The number of aromatic nitrogens is 1. The number of ether oxygens (including phenoxy) is 1. The summed E-state index contributed by atoms with van der Waals surface area (Å²) < 4.78 is 60.4. The molecule has 43 heavy (non-hydrogen) atoms. The predicted molar refractivity (Wildman–Crippen MR) is 154 cm³/mol. The first kappa shape index (κ1) is 31.1. The molecule has 232 valence electrons. The number of halogens is 4. The lowest BCUT2D eigenvalue weighted by Gasteiger charge is -2.44. The highest BCUT2D eigenvalue weighted by molar-refractivity contribution is 7.18. The van der Waals surface area contributed by atoms with Crippen molar-refractivity contribution in [1.29, 1.82) is 0 Å². The number of nitro benzene ring substituents is 1. The highest BCUT2D eigenvalue weighted by Gasteiger charge is 2.39. The summed E-state index contributed by atoms with van der Waals surface area (Å²) in [5, 5.41) is 15.0. The fourth-order valence-electron chi connectivity index (χ4n) is 5.95. The van der Waals surface area contributed by atoms with Crippen LogP contribution in [0.2, 0.25) is 0 Å². The summed E-state index contributed by atoms with van der Waals surface area (Å²) in [6.07, 6.45) is -2.44. The minimum absolute atomic E-state index is 0.0388. The number of alkyl halides is 3. The maximum absolute atomic E-state index is 13.6. The van der Waals surface area contributed by atoms with Crippen molar-refractivity contribution in [2.24, 2.45) is 0 Å². The van der Waals surface area contributed by atoms with Gasteiger partial charge < -0.3 is 15.0 Å². The van der Waals surface area contributed by atoms with Crippen LogP contribution in [-0.4, -0.2) is 69.5 Å². The van der Waals surface area contributed by atoms with E-state index < -0.39 is 22.4 Å². The second kappa shape index (κ2) is 12.7. The number of nitrogens with one attached hydrogen (secondary N) is 1. The molecule has 2 fully saturated rings. The number of carbonyl (C=O) groups excluding carboxylic acids is 1. The van der Waals surface area contributed by atoms with Crippen molar-refractivity contribution in [1.82, 2.24) is 14.8 Å². The summed E-state index contributed by atoms with van der Waals surface area (Å²) in [6.45, 7) is 5.83. The molecule has 1 aliphatic heterocycles. The van der Waals surface area contributed by atoms with Crippen molar-refractivity contribution in [3.05, 3.63) is 62.9 Å². The Morgan fingerprint density at radius 3 is 2.47 bits per heavy atom. The van der Waals surface area contributed by atoms with Crippen molar-refractivity contribution < 1.29 is 32.0 Å². The number of nitro groups is 1. The van der Waals surface area contributed by atoms with Crippen LogP contribution in [0.3, 0.4) is 0 Å². The molecule has 1 amide bonds. The zero-order valence-electron chi connectivity index (χ0n) is 23.8. The van der Waals surface area contributed by atoms with Crippen LogP contribution in [-0.2, 0) is 22.3 Å². The Morgan fingerprint density at radius 1 is 1.12 bits per heavy atom. The van der Waals surface area contributed by atoms with Gasteiger partial charge in [0.2, 0.25) is 5.91 Å². The Balaban J connectivity index is 1.07. The highest BCUT2D eigenvalue weighted by atomic mass is 32.1. The van der Waals surface area contributed by atoms with Crippen LogP contribution in [0.5, 0.6) is 0 Å². The maximum atomic E-state index is 13.6. The highest BCUT2D eigenvalue weighted by Crippen LogP contribution is 2.38. The Labute approximate surface area is 250 Å². The van der Waals surface area contributed by atoms with Gasteiger partial charge in [0, 0.05) is 49.0 Å². The van der Waals surface area contributed by atoms with Gasteiger partial charge in [0.05, 0.1) is 27.8 Å². The lowest BCUT2D eigenvalue weighted by Crippen LogP contribution is -2.58. The number of hydrogen-bond acceptors (Lipinski definition) is 8. The van der Waals surface area contributed by atoms with Crippen LogP contribution < -0.4 is 5.32 Å². The molecule has 1 aromatic heterocycles. The van der Waals surface area contributed by atoms with E-state index in [9.17, 15) is 32.5 Å². The van der Waals surface area contributed by atoms with Gasteiger partial charge in [-0.1, -0.05) is 0 Å². The van der Waals surface area contributed by atoms with Gasteiger partial charge in [-0.15, -0.1) is 11.3 Å². The maximum Gasteiger partial charge on any atom is 0.423 e. The summed E-state index contributed by atoms with van der Waals surface area (Å²) >= 11 is 1.54. The van der Waals surface area contributed by atoms with Crippen molar-refractivity contribution in [3.63, 3.8) is 0 Å². The molecular weight excluding hydrogens is 590 g/mol. The monoisotopic (exact) mass is 623 g/mol. The van der Waals surface area contributed by atoms with Crippen LogP contribution in [0, 0.1) is 15.9 Å². The number of rotatable bonds is 8. The molecule has 1 aliphatic carbocycles. The first-order valence-corrected chi connectivity index (χ1v) is 15.0. The molecule has 1 saturated heterocycles. The molecule has 0 spiro atoms. The van der Waals surface area contributed by atoms with Crippen molar-refractivity contribution in [2.75, 3.05) is 25.0 Å².